The average molecular weight is 476 g/mol. The molecule has 0 radical (unpaired) electrons. The largest absolute Gasteiger partial charge is 0.462 e. The highest BCUT2D eigenvalue weighted by Crippen LogP contribution is 2.37. The van der Waals surface area contributed by atoms with E-state index in [1.807, 2.05) is 31.4 Å². The van der Waals surface area contributed by atoms with Gasteiger partial charge in [-0.1, -0.05) is 23.8 Å². The van der Waals surface area contributed by atoms with E-state index in [4.69, 9.17) is 9.47 Å². The van der Waals surface area contributed by atoms with Crippen LogP contribution in [0.3, 0.4) is 0 Å². The monoisotopic (exact) mass is 475 g/mol. The van der Waals surface area contributed by atoms with Crippen molar-refractivity contribution in [2.75, 3.05) is 52.3 Å². The van der Waals surface area contributed by atoms with Crippen molar-refractivity contribution in [1.29, 1.82) is 0 Å². The Morgan fingerprint density at radius 1 is 1.09 bits per heavy atom. The standard InChI is InChI=1S/C24H33N3O5S/c1-6-32-24(30)22-19(18-9-8-16(2)12-17(18)3)15-33-23(22)26-21(29)14-27(4)13-20(28)25-10-7-11-31-5/h8-9,12,15H,6-7,10-11,13-14H2,1-5H3,(H,25,28)(H,26,29). The van der Waals surface area contributed by atoms with Crippen LogP contribution < -0.4 is 10.6 Å². The molecule has 0 atom stereocenters. The van der Waals surface area contributed by atoms with Gasteiger partial charge in [-0.05, 0) is 45.4 Å². The van der Waals surface area contributed by atoms with Gasteiger partial charge in [-0.2, -0.15) is 0 Å². The lowest BCUT2D eigenvalue weighted by Crippen LogP contribution is -2.39. The first-order valence-corrected chi connectivity index (χ1v) is 11.7. The van der Waals surface area contributed by atoms with Gasteiger partial charge in [0.05, 0.1) is 19.7 Å². The highest BCUT2D eigenvalue weighted by molar-refractivity contribution is 7.15. The molecular formula is C24H33N3O5S. The summed E-state index contributed by atoms with van der Waals surface area (Å²) in [4.78, 5) is 39.0. The maximum atomic E-state index is 12.8. The highest BCUT2D eigenvalue weighted by Gasteiger charge is 2.24. The van der Waals surface area contributed by atoms with E-state index >= 15 is 0 Å². The van der Waals surface area contributed by atoms with Crippen LogP contribution >= 0.6 is 11.3 Å². The number of amides is 2. The number of hydrogen-bond acceptors (Lipinski definition) is 7. The van der Waals surface area contributed by atoms with Crippen LogP contribution in [-0.4, -0.2) is 69.7 Å². The van der Waals surface area contributed by atoms with Gasteiger partial charge in [-0.25, -0.2) is 4.79 Å². The molecule has 0 saturated carbocycles. The quantitative estimate of drug-likeness (QED) is 0.361. The normalized spacial score (nSPS) is 10.8. The third-order valence-corrected chi connectivity index (χ3v) is 5.77. The number of rotatable bonds is 12. The Kier molecular flexibility index (Phi) is 10.5. The van der Waals surface area contributed by atoms with E-state index in [9.17, 15) is 14.4 Å². The molecule has 0 aliphatic carbocycles. The highest BCUT2D eigenvalue weighted by atomic mass is 32.1. The Morgan fingerprint density at radius 2 is 1.82 bits per heavy atom. The van der Waals surface area contributed by atoms with Crippen molar-refractivity contribution >= 4 is 34.1 Å². The molecule has 1 aromatic carbocycles. The molecule has 0 spiro atoms. The first-order chi connectivity index (χ1) is 15.8. The summed E-state index contributed by atoms with van der Waals surface area (Å²) in [7, 11) is 3.30. The summed E-state index contributed by atoms with van der Waals surface area (Å²) in [5.74, 6) is -0.959. The maximum Gasteiger partial charge on any atom is 0.341 e. The Balaban J connectivity index is 2.10. The van der Waals surface area contributed by atoms with Gasteiger partial charge in [0.15, 0.2) is 0 Å². The molecule has 8 nitrogen and oxygen atoms in total. The first kappa shape index (κ1) is 26.5. The number of nitrogens with zero attached hydrogens (tertiary/aromatic N) is 1. The van der Waals surface area contributed by atoms with Gasteiger partial charge in [0.2, 0.25) is 11.8 Å². The lowest BCUT2D eigenvalue weighted by atomic mass is 9.97. The molecule has 1 heterocycles. The zero-order valence-corrected chi connectivity index (χ0v) is 20.8. The molecule has 0 unspecified atom stereocenters. The second kappa shape index (κ2) is 13.1. The smallest absolute Gasteiger partial charge is 0.341 e. The van der Waals surface area contributed by atoms with Crippen LogP contribution in [0, 0.1) is 13.8 Å². The molecule has 2 amide bonds. The minimum absolute atomic E-state index is 0.00451. The van der Waals surface area contributed by atoms with Crippen LogP contribution in [0.2, 0.25) is 0 Å². The van der Waals surface area contributed by atoms with E-state index in [0.717, 1.165) is 28.7 Å². The molecular weight excluding hydrogens is 442 g/mol. The fraction of sp³-hybridized carbons (Fsp3) is 0.458. The van der Waals surface area contributed by atoms with Gasteiger partial charge in [0, 0.05) is 31.2 Å². The lowest BCUT2D eigenvalue weighted by molar-refractivity contribution is -0.123. The van der Waals surface area contributed by atoms with Gasteiger partial charge in [-0.3, -0.25) is 14.5 Å². The van der Waals surface area contributed by atoms with Crippen LogP contribution in [-0.2, 0) is 19.1 Å². The molecule has 1 aromatic heterocycles. The molecule has 0 aliphatic rings. The minimum Gasteiger partial charge on any atom is -0.462 e. The molecule has 9 heteroatoms. The number of aryl methyl sites for hydroxylation is 2. The predicted molar refractivity (Wildman–Crippen MR) is 131 cm³/mol. The average Bonchev–Trinajstić information content (AvgIpc) is 3.14. The van der Waals surface area contributed by atoms with Gasteiger partial charge in [0.1, 0.15) is 10.6 Å². The van der Waals surface area contributed by atoms with Gasteiger partial charge in [0.25, 0.3) is 0 Å². The van der Waals surface area contributed by atoms with Crippen molar-refractivity contribution in [3.05, 3.63) is 40.3 Å². The molecule has 180 valence electrons. The summed E-state index contributed by atoms with van der Waals surface area (Å²) < 4.78 is 10.2. The van der Waals surface area contributed by atoms with Gasteiger partial charge < -0.3 is 20.1 Å². The summed E-state index contributed by atoms with van der Waals surface area (Å²) in [5.41, 5.74) is 4.16. The summed E-state index contributed by atoms with van der Waals surface area (Å²) in [6.45, 7) is 7.17. The second-order valence-corrected chi connectivity index (χ2v) is 8.69. The maximum absolute atomic E-state index is 12.8. The number of nitrogens with one attached hydrogen (secondary N) is 2. The van der Waals surface area contributed by atoms with Crippen molar-refractivity contribution < 1.29 is 23.9 Å². The number of ether oxygens (including phenoxy) is 2. The second-order valence-electron chi connectivity index (χ2n) is 7.81. The topological polar surface area (TPSA) is 97.0 Å². The van der Waals surface area contributed by atoms with E-state index < -0.39 is 5.97 Å². The fourth-order valence-electron chi connectivity index (χ4n) is 3.38. The first-order valence-electron chi connectivity index (χ1n) is 10.9. The number of benzene rings is 1. The summed E-state index contributed by atoms with van der Waals surface area (Å²) in [6, 6.07) is 6.01. The molecule has 33 heavy (non-hydrogen) atoms. The molecule has 0 bridgehead atoms. The number of thiophene rings is 1. The lowest BCUT2D eigenvalue weighted by Gasteiger charge is -2.16. The number of likely N-dealkylation sites (N-methyl/N-ethyl adjacent to an activating group) is 1. The number of hydrogen-bond donors (Lipinski definition) is 2. The van der Waals surface area contributed by atoms with Crippen molar-refractivity contribution in [1.82, 2.24) is 10.2 Å². The van der Waals surface area contributed by atoms with Crippen molar-refractivity contribution in [3.63, 3.8) is 0 Å². The van der Waals surface area contributed by atoms with E-state index in [2.05, 4.69) is 16.7 Å². The van der Waals surface area contributed by atoms with Crippen LogP contribution in [0.15, 0.2) is 23.6 Å². The third-order valence-electron chi connectivity index (χ3n) is 4.87. The number of methoxy groups -OCH3 is 1. The van der Waals surface area contributed by atoms with E-state index in [1.54, 1.807) is 26.0 Å². The van der Waals surface area contributed by atoms with Crippen LogP contribution in [0.4, 0.5) is 5.00 Å². The summed E-state index contributed by atoms with van der Waals surface area (Å²) in [6.07, 6.45) is 0.726. The zero-order chi connectivity index (χ0) is 24.4. The molecule has 0 fully saturated rings. The van der Waals surface area contributed by atoms with Gasteiger partial charge in [-0.15, -0.1) is 11.3 Å². The van der Waals surface area contributed by atoms with E-state index in [0.29, 0.717) is 23.7 Å². The molecule has 0 saturated heterocycles. The Bertz CT molecular complexity index is 973. The van der Waals surface area contributed by atoms with Crippen LogP contribution in [0.1, 0.15) is 34.8 Å². The Morgan fingerprint density at radius 3 is 2.48 bits per heavy atom. The number of carbonyl (C=O) groups is 3. The SMILES string of the molecule is CCOC(=O)c1c(-c2ccc(C)cc2C)csc1NC(=O)CN(C)CC(=O)NCCCOC. The number of anilines is 1. The molecule has 2 aromatic rings. The fourth-order valence-corrected chi connectivity index (χ4v) is 4.35. The molecule has 2 rings (SSSR count). The van der Waals surface area contributed by atoms with Gasteiger partial charge >= 0.3 is 5.97 Å². The van der Waals surface area contributed by atoms with Crippen LogP contribution in [0.5, 0.6) is 0 Å². The van der Waals surface area contributed by atoms with Crippen molar-refractivity contribution in [2.45, 2.75) is 27.2 Å². The van der Waals surface area contributed by atoms with E-state index in [1.165, 1.54) is 11.3 Å². The van der Waals surface area contributed by atoms with E-state index in [-0.39, 0.29) is 31.5 Å². The zero-order valence-electron chi connectivity index (χ0n) is 19.9. The number of carbonyl (C=O) groups excluding carboxylic acids is 3. The molecule has 2 N–H and O–H groups in total. The predicted octanol–water partition coefficient (Wildman–Crippen LogP) is 3.23. The Hall–Kier alpha value is -2.75. The Labute approximate surface area is 199 Å². The third kappa shape index (κ3) is 7.96. The van der Waals surface area contributed by atoms with Crippen molar-refractivity contribution in [2.24, 2.45) is 0 Å². The molecule has 0 aliphatic heterocycles. The van der Waals surface area contributed by atoms with Crippen LogP contribution in [0.25, 0.3) is 11.1 Å². The summed E-state index contributed by atoms with van der Waals surface area (Å²) >= 11 is 1.28. The summed E-state index contributed by atoms with van der Waals surface area (Å²) in [5, 5.41) is 7.91. The number of esters is 1. The van der Waals surface area contributed by atoms with Crippen molar-refractivity contribution in [3.8, 4) is 11.1 Å². The minimum atomic E-state index is -0.479.